The van der Waals surface area contributed by atoms with Gasteiger partial charge in [-0.1, -0.05) is 366 Å². The molecular formula is C74H143NO5. The molecule has 0 radical (unpaired) electrons. The maximum atomic E-state index is 12.5. The molecule has 1 amide bonds. The molecule has 0 saturated heterocycles. The van der Waals surface area contributed by atoms with Crippen molar-refractivity contribution in [2.45, 2.75) is 424 Å². The fraction of sp³-hybridized carbons (Fsp3) is 0.919. The highest BCUT2D eigenvalue weighted by Crippen LogP contribution is 2.19. The van der Waals surface area contributed by atoms with Crippen LogP contribution < -0.4 is 5.32 Å². The second kappa shape index (κ2) is 69.8. The molecule has 0 bridgehead atoms. The number of unbranched alkanes of at least 4 members (excludes halogenated alkanes) is 56. The smallest absolute Gasteiger partial charge is 0.305 e. The number of carbonyl (C=O) groups excluding carboxylic acids is 2. The van der Waals surface area contributed by atoms with Gasteiger partial charge in [0.1, 0.15) is 0 Å². The fourth-order valence-electron chi connectivity index (χ4n) is 11.6. The van der Waals surface area contributed by atoms with E-state index >= 15 is 0 Å². The van der Waals surface area contributed by atoms with Gasteiger partial charge in [0.25, 0.3) is 0 Å². The van der Waals surface area contributed by atoms with E-state index in [4.69, 9.17) is 4.74 Å². The molecule has 0 spiro atoms. The van der Waals surface area contributed by atoms with Crippen LogP contribution in [0.5, 0.6) is 0 Å². The van der Waals surface area contributed by atoms with E-state index < -0.39 is 12.1 Å². The maximum Gasteiger partial charge on any atom is 0.305 e. The first-order valence-electron chi connectivity index (χ1n) is 36.6. The SMILES string of the molecule is CCCCCCC/C=C\CCCCCCCC(=O)OCCCCCCCCCCCCCCCCCCCCCCCCCCCCCCCCCCCCCCCC(=O)NC(CO)C(O)/C=C/CCCCCCCCCCCC. The van der Waals surface area contributed by atoms with Gasteiger partial charge < -0.3 is 20.3 Å². The van der Waals surface area contributed by atoms with Gasteiger partial charge in [-0.25, -0.2) is 0 Å². The molecule has 3 N–H and O–H groups in total. The molecule has 2 atom stereocenters. The van der Waals surface area contributed by atoms with Gasteiger partial charge in [0.2, 0.25) is 5.91 Å². The standard InChI is InChI=1S/C74H143NO5/c1-3-5-7-9-11-13-15-17-44-48-52-56-60-64-68-74(79)80-69-65-61-57-53-49-45-42-40-38-36-34-32-30-28-26-24-22-20-18-19-21-23-25-27-29-31-33-35-37-39-41-43-47-51-55-59-63-67-73(78)75-71(70-76)72(77)66-62-58-54-50-46-16-14-12-10-8-6-4-2/h15,17,62,66,71-72,76-77H,3-14,16,18-61,63-65,67-70H2,1-2H3,(H,75,78)/b17-15-,66-62+. The lowest BCUT2D eigenvalue weighted by molar-refractivity contribution is -0.143. The zero-order chi connectivity index (χ0) is 57.8. The van der Waals surface area contributed by atoms with Gasteiger partial charge in [0, 0.05) is 12.8 Å². The van der Waals surface area contributed by atoms with E-state index in [0.29, 0.717) is 19.4 Å². The van der Waals surface area contributed by atoms with E-state index in [1.807, 2.05) is 6.08 Å². The fourth-order valence-corrected chi connectivity index (χ4v) is 11.6. The van der Waals surface area contributed by atoms with Crippen molar-refractivity contribution in [3.05, 3.63) is 24.3 Å². The van der Waals surface area contributed by atoms with Crippen molar-refractivity contribution in [3.63, 3.8) is 0 Å². The Kier molecular flexibility index (Phi) is 68.4. The second-order valence-electron chi connectivity index (χ2n) is 25.3. The maximum absolute atomic E-state index is 12.5. The number of aliphatic hydroxyl groups excluding tert-OH is 2. The number of esters is 1. The van der Waals surface area contributed by atoms with E-state index in [9.17, 15) is 19.8 Å². The van der Waals surface area contributed by atoms with Gasteiger partial charge in [-0.3, -0.25) is 9.59 Å². The van der Waals surface area contributed by atoms with Crippen LogP contribution in [0.15, 0.2) is 24.3 Å². The summed E-state index contributed by atoms with van der Waals surface area (Å²) < 4.78 is 5.49. The van der Waals surface area contributed by atoms with Crippen molar-refractivity contribution in [1.82, 2.24) is 5.32 Å². The highest BCUT2D eigenvalue weighted by molar-refractivity contribution is 5.76. The Morgan fingerprint density at radius 2 is 0.588 bits per heavy atom. The number of aliphatic hydroxyl groups is 2. The van der Waals surface area contributed by atoms with Crippen molar-refractivity contribution in [1.29, 1.82) is 0 Å². The van der Waals surface area contributed by atoms with Crippen LogP contribution in [0.25, 0.3) is 0 Å². The van der Waals surface area contributed by atoms with Gasteiger partial charge in [-0.05, 0) is 57.8 Å². The summed E-state index contributed by atoms with van der Waals surface area (Å²) >= 11 is 0. The number of carbonyl (C=O) groups is 2. The molecule has 0 aromatic rings. The van der Waals surface area contributed by atoms with E-state index in [-0.39, 0.29) is 18.5 Å². The first-order valence-corrected chi connectivity index (χ1v) is 36.6. The number of hydrogen-bond donors (Lipinski definition) is 3. The van der Waals surface area contributed by atoms with Crippen molar-refractivity contribution in [2.24, 2.45) is 0 Å². The predicted molar refractivity (Wildman–Crippen MR) is 352 cm³/mol. The Labute approximate surface area is 501 Å². The summed E-state index contributed by atoms with van der Waals surface area (Å²) in [4.78, 5) is 24.5. The number of amides is 1. The molecule has 0 aliphatic heterocycles. The molecule has 0 saturated carbocycles. The lowest BCUT2D eigenvalue weighted by atomic mass is 10.0. The lowest BCUT2D eigenvalue weighted by Crippen LogP contribution is -2.45. The highest BCUT2D eigenvalue weighted by atomic mass is 16.5. The summed E-state index contributed by atoms with van der Waals surface area (Å²) in [6.07, 6.45) is 88.6. The van der Waals surface area contributed by atoms with Crippen LogP contribution in [-0.2, 0) is 14.3 Å². The summed E-state index contributed by atoms with van der Waals surface area (Å²) in [6.45, 7) is 4.92. The average Bonchev–Trinajstić information content (AvgIpc) is 3.46. The van der Waals surface area contributed by atoms with E-state index in [2.05, 4.69) is 31.3 Å². The monoisotopic (exact) mass is 1130 g/mol. The quantitative estimate of drug-likeness (QED) is 0.0320. The minimum Gasteiger partial charge on any atom is -0.466 e. The minimum atomic E-state index is -0.839. The predicted octanol–water partition coefficient (Wildman–Crippen LogP) is 23.7. The zero-order valence-corrected chi connectivity index (χ0v) is 54.3. The largest absolute Gasteiger partial charge is 0.466 e. The van der Waals surface area contributed by atoms with Crippen LogP contribution in [0, 0.1) is 0 Å². The normalized spacial score (nSPS) is 12.6. The van der Waals surface area contributed by atoms with Crippen molar-refractivity contribution >= 4 is 11.9 Å². The third-order valence-corrected chi connectivity index (χ3v) is 17.2. The van der Waals surface area contributed by atoms with Crippen LogP contribution in [0.3, 0.4) is 0 Å². The number of rotatable bonds is 69. The van der Waals surface area contributed by atoms with Gasteiger partial charge in [-0.2, -0.15) is 0 Å². The van der Waals surface area contributed by atoms with Crippen LogP contribution >= 0.6 is 0 Å². The van der Waals surface area contributed by atoms with Crippen molar-refractivity contribution < 1.29 is 24.5 Å². The van der Waals surface area contributed by atoms with Crippen LogP contribution in [-0.4, -0.2) is 47.4 Å². The summed E-state index contributed by atoms with van der Waals surface area (Å²) in [5.74, 6) is -0.0459. The number of ether oxygens (including phenoxy) is 1. The Balaban J connectivity index is 3.29. The average molecular weight is 1130 g/mol. The molecule has 474 valence electrons. The minimum absolute atomic E-state index is 0.0151. The highest BCUT2D eigenvalue weighted by Gasteiger charge is 2.18. The number of allylic oxidation sites excluding steroid dienone is 3. The van der Waals surface area contributed by atoms with Crippen molar-refractivity contribution in [3.8, 4) is 0 Å². The Morgan fingerprint density at radius 3 is 0.887 bits per heavy atom. The molecule has 0 rings (SSSR count). The first-order chi connectivity index (χ1) is 39.5. The topological polar surface area (TPSA) is 95.9 Å². The summed E-state index contributed by atoms with van der Waals surface area (Å²) in [5, 5.41) is 23.1. The van der Waals surface area contributed by atoms with Gasteiger partial charge in [0.15, 0.2) is 0 Å². The molecule has 0 heterocycles. The molecule has 6 heteroatoms. The molecule has 80 heavy (non-hydrogen) atoms. The Bertz CT molecular complexity index is 1250. The Hall–Kier alpha value is -1.66. The van der Waals surface area contributed by atoms with Crippen LogP contribution in [0.1, 0.15) is 412 Å². The molecule has 0 aromatic heterocycles. The number of nitrogens with one attached hydrogen (secondary N) is 1. The van der Waals surface area contributed by atoms with Gasteiger partial charge in [0.05, 0.1) is 25.4 Å². The molecule has 2 unspecified atom stereocenters. The molecule has 0 fully saturated rings. The molecule has 0 aromatic carbocycles. The number of hydrogen-bond acceptors (Lipinski definition) is 5. The van der Waals surface area contributed by atoms with E-state index in [1.165, 1.54) is 340 Å². The van der Waals surface area contributed by atoms with Crippen LogP contribution in [0.2, 0.25) is 0 Å². The summed E-state index contributed by atoms with van der Waals surface area (Å²) in [7, 11) is 0. The van der Waals surface area contributed by atoms with Crippen LogP contribution in [0.4, 0.5) is 0 Å². The molecule has 0 aliphatic rings. The molecule has 6 nitrogen and oxygen atoms in total. The van der Waals surface area contributed by atoms with Crippen molar-refractivity contribution in [2.75, 3.05) is 13.2 Å². The van der Waals surface area contributed by atoms with E-state index in [1.54, 1.807) is 6.08 Å². The lowest BCUT2D eigenvalue weighted by Gasteiger charge is -2.20. The van der Waals surface area contributed by atoms with E-state index in [0.717, 1.165) is 44.9 Å². The van der Waals surface area contributed by atoms with Gasteiger partial charge >= 0.3 is 5.97 Å². The second-order valence-corrected chi connectivity index (χ2v) is 25.3. The third kappa shape index (κ3) is 65.5. The first kappa shape index (κ1) is 78.3. The molecule has 0 aliphatic carbocycles. The molecular weight excluding hydrogens is 983 g/mol. The van der Waals surface area contributed by atoms with Gasteiger partial charge in [-0.15, -0.1) is 0 Å². The zero-order valence-electron chi connectivity index (χ0n) is 54.3. The third-order valence-electron chi connectivity index (χ3n) is 17.2. The Morgan fingerprint density at radius 1 is 0.338 bits per heavy atom. The summed E-state index contributed by atoms with van der Waals surface area (Å²) in [6, 6.07) is -0.622. The summed E-state index contributed by atoms with van der Waals surface area (Å²) in [5.41, 5.74) is 0.